The molecule has 8 heteroatoms. The maximum absolute atomic E-state index is 13.2. The average molecular weight is 385 g/mol. The number of esters is 1. The lowest BCUT2D eigenvalue weighted by molar-refractivity contribution is -0.752. The Labute approximate surface area is 160 Å². The Morgan fingerprint density at radius 2 is 2.11 bits per heavy atom. The second-order valence-corrected chi connectivity index (χ2v) is 6.49. The first-order valence-electron chi connectivity index (χ1n) is 8.92. The molecule has 1 aromatic carbocycles. The van der Waals surface area contributed by atoms with E-state index < -0.39 is 23.2 Å². The summed E-state index contributed by atoms with van der Waals surface area (Å²) in [6.07, 6.45) is 1.96. The highest BCUT2D eigenvalue weighted by atomic mass is 19.1. The van der Waals surface area contributed by atoms with E-state index in [0.29, 0.717) is 34.9 Å². The van der Waals surface area contributed by atoms with Gasteiger partial charge in [-0.3, -0.25) is 0 Å². The molecule has 0 fully saturated rings. The van der Waals surface area contributed by atoms with Crippen LogP contribution in [0.2, 0.25) is 0 Å². The summed E-state index contributed by atoms with van der Waals surface area (Å²) < 4.78 is 23.9. The quantitative estimate of drug-likeness (QED) is 0.605. The summed E-state index contributed by atoms with van der Waals surface area (Å²) in [5, 5.41) is 10.5. The molecule has 28 heavy (non-hydrogen) atoms. The lowest BCUT2D eigenvalue weighted by Gasteiger charge is -2.30. The largest absolute Gasteiger partial charge is 0.504 e. The molecule has 4 rings (SSSR count). The molecular formula is C20H18FN2O5+. The van der Waals surface area contributed by atoms with Gasteiger partial charge in [-0.1, -0.05) is 12.1 Å². The number of hydrogen-bond acceptors (Lipinski definition) is 6. The lowest BCUT2D eigenvalue weighted by Crippen LogP contribution is -3.12. The first kappa shape index (κ1) is 18.1. The summed E-state index contributed by atoms with van der Waals surface area (Å²) in [6.45, 7) is 2.28. The molecule has 0 bridgehead atoms. The Bertz CT molecular complexity index is 1000. The number of carbonyl (C=O) groups excluding carboxylic acids is 2. The van der Waals surface area contributed by atoms with Crippen LogP contribution in [0.1, 0.15) is 23.7 Å². The number of nitrogens with one attached hydrogen (secondary N) is 1. The van der Waals surface area contributed by atoms with E-state index in [-0.39, 0.29) is 24.7 Å². The van der Waals surface area contributed by atoms with Gasteiger partial charge in [0.15, 0.2) is 17.2 Å². The molecule has 1 amide bonds. The molecule has 144 valence electrons. The number of aliphatic hydroxyl groups excluding tert-OH is 1. The number of halogens is 1. The Hall–Kier alpha value is -3.26. The Morgan fingerprint density at radius 3 is 2.82 bits per heavy atom. The first-order valence-corrected chi connectivity index (χ1v) is 8.92. The molecular weight excluding hydrogens is 367 g/mol. The summed E-state index contributed by atoms with van der Waals surface area (Å²) in [6, 6.07) is 6.07. The topological polar surface area (TPSA) is 90.2 Å². The average Bonchev–Trinajstić information content (AvgIpc) is 2.69. The van der Waals surface area contributed by atoms with Crippen LogP contribution in [0, 0.1) is 5.82 Å². The standard InChI is InChI=1S/C20H17FN2O5/c1-2-27-20(26)14-17(24)15-16-18(28-8-7-23(16)19(14)25)12(10-22-15)9-11-3-5-13(21)6-4-11/h3-6,10,24H,2,7-9H2,1H3/p+1. The molecule has 0 saturated heterocycles. The minimum Gasteiger partial charge on any atom is -0.504 e. The van der Waals surface area contributed by atoms with Gasteiger partial charge in [0.1, 0.15) is 19.0 Å². The van der Waals surface area contributed by atoms with Crippen LogP contribution in [0.3, 0.4) is 0 Å². The van der Waals surface area contributed by atoms with Crippen LogP contribution >= 0.6 is 0 Å². The molecule has 2 aromatic rings. The first-order chi connectivity index (χ1) is 13.5. The van der Waals surface area contributed by atoms with Crippen LogP contribution in [0.25, 0.3) is 5.76 Å². The predicted octanol–water partition coefficient (Wildman–Crippen LogP) is 1.09. The number of quaternary nitrogens is 1. The SMILES string of the molecule is CCOC(=O)C1=C(O)c2ncc(Cc3ccc(F)cc3)c3c2[NH+](CCO3)C1=O. The van der Waals surface area contributed by atoms with Gasteiger partial charge in [-0.25, -0.2) is 23.9 Å². The van der Waals surface area contributed by atoms with E-state index in [1.807, 2.05) is 0 Å². The van der Waals surface area contributed by atoms with Gasteiger partial charge in [0.2, 0.25) is 11.3 Å². The van der Waals surface area contributed by atoms with Crippen molar-refractivity contribution in [3.8, 4) is 5.75 Å². The van der Waals surface area contributed by atoms with E-state index in [4.69, 9.17) is 9.47 Å². The number of benzene rings is 1. The summed E-state index contributed by atoms with van der Waals surface area (Å²) >= 11 is 0. The summed E-state index contributed by atoms with van der Waals surface area (Å²) in [4.78, 5) is 29.7. The summed E-state index contributed by atoms with van der Waals surface area (Å²) in [7, 11) is 0. The van der Waals surface area contributed by atoms with Gasteiger partial charge >= 0.3 is 11.9 Å². The van der Waals surface area contributed by atoms with Crippen LogP contribution in [0.5, 0.6) is 5.75 Å². The van der Waals surface area contributed by atoms with Gasteiger partial charge in [0, 0.05) is 18.2 Å². The van der Waals surface area contributed by atoms with Crippen molar-refractivity contribution in [2.75, 3.05) is 19.8 Å². The number of pyridine rings is 1. The molecule has 2 aliphatic rings. The predicted molar refractivity (Wildman–Crippen MR) is 95.6 cm³/mol. The van der Waals surface area contributed by atoms with Crippen molar-refractivity contribution in [3.63, 3.8) is 0 Å². The number of nitrogens with zero attached hydrogens (tertiary/aromatic N) is 1. The fourth-order valence-electron chi connectivity index (χ4n) is 3.48. The van der Waals surface area contributed by atoms with Gasteiger partial charge in [-0.05, 0) is 24.6 Å². The van der Waals surface area contributed by atoms with E-state index in [2.05, 4.69) is 4.98 Å². The van der Waals surface area contributed by atoms with Crippen LogP contribution in [-0.4, -0.2) is 41.7 Å². The normalized spacial score (nSPS) is 17.8. The highest BCUT2D eigenvalue weighted by Crippen LogP contribution is 2.37. The number of rotatable bonds is 4. The van der Waals surface area contributed by atoms with Crippen molar-refractivity contribution in [2.24, 2.45) is 0 Å². The van der Waals surface area contributed by atoms with E-state index in [1.54, 1.807) is 19.1 Å². The minimum atomic E-state index is -0.867. The fraction of sp³-hybridized carbons (Fsp3) is 0.250. The van der Waals surface area contributed by atoms with E-state index in [1.165, 1.54) is 18.3 Å². The molecule has 1 atom stereocenters. The minimum absolute atomic E-state index is 0.0868. The second-order valence-electron chi connectivity index (χ2n) is 6.49. The third kappa shape index (κ3) is 2.91. The van der Waals surface area contributed by atoms with E-state index >= 15 is 0 Å². The van der Waals surface area contributed by atoms with Crippen molar-refractivity contribution >= 4 is 23.3 Å². The number of aliphatic hydroxyl groups is 1. The maximum atomic E-state index is 13.2. The molecule has 0 radical (unpaired) electrons. The molecule has 1 aromatic heterocycles. The van der Waals surface area contributed by atoms with Gasteiger partial charge in [-0.15, -0.1) is 0 Å². The molecule has 0 aliphatic carbocycles. The number of carbonyl (C=O) groups is 2. The van der Waals surface area contributed by atoms with Crippen LogP contribution in [0.4, 0.5) is 10.1 Å². The molecule has 2 N–H and O–H groups in total. The van der Waals surface area contributed by atoms with Gasteiger partial charge in [0.05, 0.1) is 6.61 Å². The highest BCUT2D eigenvalue weighted by molar-refractivity contribution is 6.20. The number of amides is 1. The number of ether oxygens (including phenoxy) is 2. The molecule has 3 heterocycles. The molecule has 7 nitrogen and oxygen atoms in total. The van der Waals surface area contributed by atoms with Gasteiger partial charge < -0.3 is 14.6 Å². The van der Waals surface area contributed by atoms with Crippen molar-refractivity contribution in [1.82, 2.24) is 4.98 Å². The monoisotopic (exact) mass is 385 g/mol. The van der Waals surface area contributed by atoms with E-state index in [0.717, 1.165) is 5.56 Å². The highest BCUT2D eigenvalue weighted by Gasteiger charge is 2.46. The zero-order valence-electron chi connectivity index (χ0n) is 15.1. The van der Waals surface area contributed by atoms with Crippen LogP contribution in [-0.2, 0) is 20.7 Å². The van der Waals surface area contributed by atoms with Gasteiger partial charge in [-0.2, -0.15) is 0 Å². The number of aromatic nitrogens is 1. The van der Waals surface area contributed by atoms with E-state index in [9.17, 15) is 19.1 Å². The Kier molecular flexibility index (Phi) is 4.56. The zero-order chi connectivity index (χ0) is 19.8. The number of hydrogen-bond donors (Lipinski definition) is 2. The molecule has 0 spiro atoms. The van der Waals surface area contributed by atoms with Crippen molar-refractivity contribution in [3.05, 3.63) is 58.7 Å². The third-order valence-electron chi connectivity index (χ3n) is 4.75. The third-order valence-corrected chi connectivity index (χ3v) is 4.75. The molecule has 1 unspecified atom stereocenters. The summed E-state index contributed by atoms with van der Waals surface area (Å²) in [5.74, 6) is -1.80. The summed E-state index contributed by atoms with van der Waals surface area (Å²) in [5.41, 5.74) is 1.72. The molecule has 2 aliphatic heterocycles. The smallest absolute Gasteiger partial charge is 0.360 e. The van der Waals surface area contributed by atoms with Crippen LogP contribution in [0.15, 0.2) is 36.0 Å². The maximum Gasteiger partial charge on any atom is 0.360 e. The fourth-order valence-corrected chi connectivity index (χ4v) is 3.48. The Balaban J connectivity index is 1.81. The Morgan fingerprint density at radius 1 is 1.36 bits per heavy atom. The lowest BCUT2D eigenvalue weighted by atomic mass is 9.98. The zero-order valence-corrected chi connectivity index (χ0v) is 15.1. The van der Waals surface area contributed by atoms with Crippen molar-refractivity contribution < 1.29 is 33.5 Å². The van der Waals surface area contributed by atoms with Crippen LogP contribution < -0.4 is 9.64 Å². The van der Waals surface area contributed by atoms with Crippen molar-refractivity contribution in [1.29, 1.82) is 0 Å². The van der Waals surface area contributed by atoms with Gasteiger partial charge in [0.25, 0.3) is 0 Å². The second kappa shape index (κ2) is 7.05. The molecule has 0 saturated carbocycles. The van der Waals surface area contributed by atoms with Crippen molar-refractivity contribution in [2.45, 2.75) is 13.3 Å².